The number of esters is 2. The highest BCUT2D eigenvalue weighted by atomic mass is 16.5. The van der Waals surface area contributed by atoms with Crippen LogP contribution in [0.15, 0.2) is 36.4 Å². The van der Waals surface area contributed by atoms with Crippen molar-refractivity contribution in [3.63, 3.8) is 0 Å². The molecule has 0 aliphatic carbocycles. The molecule has 1 rings (SSSR count). The summed E-state index contributed by atoms with van der Waals surface area (Å²) in [4.78, 5) is 24.0. The fourth-order valence-corrected chi connectivity index (χ4v) is 2.68. The highest BCUT2D eigenvalue weighted by Gasteiger charge is 2.11. The lowest BCUT2D eigenvalue weighted by Gasteiger charge is -2.07. The molecule has 0 unspecified atom stereocenters. The molecule has 0 amide bonds. The molecule has 0 aliphatic heterocycles. The van der Waals surface area contributed by atoms with Gasteiger partial charge in [0.2, 0.25) is 0 Å². The molecular formula is C24H36O4. The highest BCUT2D eigenvalue weighted by Crippen LogP contribution is 2.10. The van der Waals surface area contributed by atoms with Gasteiger partial charge in [-0.1, -0.05) is 45.8 Å². The summed E-state index contributed by atoms with van der Waals surface area (Å²) in [5.74, 6) is -0.107. The zero-order valence-corrected chi connectivity index (χ0v) is 17.7. The number of carbonyl (C=O) groups is 2. The van der Waals surface area contributed by atoms with E-state index in [4.69, 9.17) is 9.47 Å². The first-order chi connectivity index (χ1) is 13.5. The lowest BCUT2D eigenvalue weighted by atomic mass is 10.1. The van der Waals surface area contributed by atoms with E-state index >= 15 is 0 Å². The predicted octanol–water partition coefficient (Wildman–Crippen LogP) is 6.35. The molecule has 0 heterocycles. The fourth-order valence-electron chi connectivity index (χ4n) is 2.68. The zero-order valence-electron chi connectivity index (χ0n) is 17.7. The first kappa shape index (κ1) is 23.9. The van der Waals surface area contributed by atoms with Crippen LogP contribution in [0.4, 0.5) is 0 Å². The molecular weight excluding hydrogens is 352 g/mol. The molecule has 28 heavy (non-hydrogen) atoms. The molecule has 1 aromatic carbocycles. The Morgan fingerprint density at radius 3 is 1.82 bits per heavy atom. The van der Waals surface area contributed by atoms with Gasteiger partial charge in [-0.05, 0) is 68.7 Å². The third-order valence-electron chi connectivity index (χ3n) is 4.40. The molecule has 4 nitrogen and oxygen atoms in total. The van der Waals surface area contributed by atoms with E-state index in [1.165, 1.54) is 19.3 Å². The van der Waals surface area contributed by atoms with Gasteiger partial charge in [0.15, 0.2) is 0 Å². The molecule has 0 saturated carbocycles. The highest BCUT2D eigenvalue weighted by molar-refractivity contribution is 5.93. The van der Waals surface area contributed by atoms with Crippen LogP contribution in [0.1, 0.15) is 92.9 Å². The van der Waals surface area contributed by atoms with Crippen molar-refractivity contribution in [2.45, 2.75) is 72.1 Å². The number of ether oxygens (including phenoxy) is 2. The maximum Gasteiger partial charge on any atom is 0.338 e. The number of unbranched alkanes of at least 4 members (excludes halogenated alkanes) is 4. The van der Waals surface area contributed by atoms with Crippen LogP contribution in [0.5, 0.6) is 0 Å². The first-order valence-electron chi connectivity index (χ1n) is 10.6. The molecule has 156 valence electrons. The van der Waals surface area contributed by atoms with Crippen molar-refractivity contribution in [3.05, 3.63) is 47.5 Å². The van der Waals surface area contributed by atoms with E-state index < -0.39 is 0 Å². The van der Waals surface area contributed by atoms with Gasteiger partial charge in [0.25, 0.3) is 0 Å². The second-order valence-corrected chi connectivity index (χ2v) is 7.49. The summed E-state index contributed by atoms with van der Waals surface area (Å²) >= 11 is 0. The zero-order chi connectivity index (χ0) is 20.6. The van der Waals surface area contributed by atoms with Gasteiger partial charge in [0.1, 0.15) is 0 Å². The second-order valence-electron chi connectivity index (χ2n) is 7.49. The number of rotatable bonds is 14. The molecule has 0 N–H and O–H groups in total. The van der Waals surface area contributed by atoms with Crippen molar-refractivity contribution in [2.24, 2.45) is 5.92 Å². The number of benzene rings is 1. The van der Waals surface area contributed by atoms with Crippen LogP contribution in [-0.2, 0) is 9.47 Å². The van der Waals surface area contributed by atoms with Crippen LogP contribution in [0.25, 0.3) is 0 Å². The number of carbonyl (C=O) groups excluding carboxylic acids is 2. The van der Waals surface area contributed by atoms with Crippen molar-refractivity contribution in [1.29, 1.82) is 0 Å². The molecule has 0 aromatic heterocycles. The van der Waals surface area contributed by atoms with E-state index in [9.17, 15) is 9.59 Å². The summed E-state index contributed by atoms with van der Waals surface area (Å²) < 4.78 is 10.5. The summed E-state index contributed by atoms with van der Waals surface area (Å²) in [6.07, 6.45) is 12.9. The Bertz CT molecular complexity index is 587. The number of allylic oxidation sites excluding steroid dienone is 2. The third kappa shape index (κ3) is 10.9. The van der Waals surface area contributed by atoms with Crippen LogP contribution < -0.4 is 0 Å². The smallest absolute Gasteiger partial charge is 0.338 e. The Hall–Kier alpha value is -2.10. The van der Waals surface area contributed by atoms with Gasteiger partial charge in [-0.3, -0.25) is 0 Å². The molecule has 0 saturated heterocycles. The van der Waals surface area contributed by atoms with Gasteiger partial charge < -0.3 is 9.47 Å². The maximum absolute atomic E-state index is 12.1. The second kappa shape index (κ2) is 14.9. The number of hydrogen-bond acceptors (Lipinski definition) is 4. The van der Waals surface area contributed by atoms with Gasteiger partial charge in [-0.2, -0.15) is 0 Å². The quantitative estimate of drug-likeness (QED) is 0.212. The van der Waals surface area contributed by atoms with Crippen molar-refractivity contribution in [2.75, 3.05) is 13.2 Å². The Morgan fingerprint density at radius 1 is 0.821 bits per heavy atom. The summed E-state index contributed by atoms with van der Waals surface area (Å²) in [6, 6.07) is 6.45. The van der Waals surface area contributed by atoms with Crippen LogP contribution in [0.3, 0.4) is 0 Å². The molecule has 4 heteroatoms. The minimum atomic E-state index is -0.358. The number of hydrogen-bond donors (Lipinski definition) is 0. The topological polar surface area (TPSA) is 52.6 Å². The summed E-state index contributed by atoms with van der Waals surface area (Å²) in [5.41, 5.74) is 0.903. The van der Waals surface area contributed by atoms with Gasteiger partial charge in [-0.25, -0.2) is 9.59 Å². The average Bonchev–Trinajstić information content (AvgIpc) is 2.69. The van der Waals surface area contributed by atoms with Crippen LogP contribution in [0, 0.1) is 5.92 Å². The Balaban J connectivity index is 2.25. The fraction of sp³-hybridized carbons (Fsp3) is 0.583. The molecule has 0 radical (unpaired) electrons. The molecule has 0 aliphatic rings. The average molecular weight is 389 g/mol. The van der Waals surface area contributed by atoms with E-state index in [1.807, 2.05) is 0 Å². The molecule has 0 spiro atoms. The minimum Gasteiger partial charge on any atom is -0.462 e. The third-order valence-corrected chi connectivity index (χ3v) is 4.40. The van der Waals surface area contributed by atoms with Crippen LogP contribution >= 0.6 is 0 Å². The first-order valence-corrected chi connectivity index (χ1v) is 10.6. The van der Waals surface area contributed by atoms with Gasteiger partial charge in [-0.15, -0.1) is 0 Å². The van der Waals surface area contributed by atoms with Gasteiger partial charge in [0, 0.05) is 0 Å². The summed E-state index contributed by atoms with van der Waals surface area (Å²) in [6.45, 7) is 7.31. The van der Waals surface area contributed by atoms with E-state index in [0.717, 1.165) is 32.1 Å². The maximum atomic E-state index is 12.1. The SMILES string of the molecule is CCCCC/C=C/CCCOC(=O)c1ccc(C(=O)OCCCC(C)C)cc1. The van der Waals surface area contributed by atoms with Crippen LogP contribution in [0.2, 0.25) is 0 Å². The lowest BCUT2D eigenvalue weighted by Crippen LogP contribution is -2.09. The normalized spacial score (nSPS) is 11.1. The molecule has 0 bridgehead atoms. The summed E-state index contributed by atoms with van der Waals surface area (Å²) in [5, 5.41) is 0. The largest absolute Gasteiger partial charge is 0.462 e. The minimum absolute atomic E-state index is 0.352. The standard InChI is InChI=1S/C24H36O4/c1-4-5-6-7-8-9-10-11-18-27-23(25)21-14-16-22(17-15-21)24(26)28-19-12-13-20(2)3/h8-9,14-17,20H,4-7,10-13,18-19H2,1-3H3/b9-8+. The predicted molar refractivity (Wildman–Crippen MR) is 114 cm³/mol. The van der Waals surface area contributed by atoms with Crippen molar-refractivity contribution < 1.29 is 19.1 Å². The van der Waals surface area contributed by atoms with E-state index in [2.05, 4.69) is 32.9 Å². The van der Waals surface area contributed by atoms with Crippen molar-refractivity contribution in [3.8, 4) is 0 Å². The van der Waals surface area contributed by atoms with Gasteiger partial charge >= 0.3 is 11.9 Å². The van der Waals surface area contributed by atoms with E-state index in [1.54, 1.807) is 24.3 Å². The molecule has 1 aromatic rings. The Kier molecular flexibility index (Phi) is 12.7. The monoisotopic (exact) mass is 388 g/mol. The van der Waals surface area contributed by atoms with Gasteiger partial charge in [0.05, 0.1) is 24.3 Å². The molecule has 0 fully saturated rings. The van der Waals surface area contributed by atoms with Crippen LogP contribution in [-0.4, -0.2) is 25.2 Å². The van der Waals surface area contributed by atoms with E-state index in [-0.39, 0.29) is 11.9 Å². The Labute approximate surface area is 170 Å². The molecule has 0 atom stereocenters. The Morgan fingerprint density at radius 2 is 1.32 bits per heavy atom. The summed E-state index contributed by atoms with van der Waals surface area (Å²) in [7, 11) is 0. The van der Waals surface area contributed by atoms with Crippen molar-refractivity contribution in [1.82, 2.24) is 0 Å². The van der Waals surface area contributed by atoms with E-state index in [0.29, 0.717) is 30.3 Å². The van der Waals surface area contributed by atoms with Crippen molar-refractivity contribution >= 4 is 11.9 Å². The lowest BCUT2D eigenvalue weighted by molar-refractivity contribution is 0.0483.